The monoisotopic (exact) mass is 305 g/mol. The lowest BCUT2D eigenvalue weighted by Gasteiger charge is -2.31. The van der Waals surface area contributed by atoms with Crippen molar-refractivity contribution < 1.29 is 9.53 Å². The zero-order valence-corrected chi connectivity index (χ0v) is 13.5. The van der Waals surface area contributed by atoms with Crippen LogP contribution in [-0.4, -0.2) is 40.1 Å². The van der Waals surface area contributed by atoms with Crippen LogP contribution >= 0.6 is 0 Å². The Kier molecular flexibility index (Phi) is 5.13. The van der Waals surface area contributed by atoms with E-state index in [0.717, 1.165) is 25.4 Å². The van der Waals surface area contributed by atoms with Gasteiger partial charge < -0.3 is 14.2 Å². The molecule has 0 spiro atoms. The van der Waals surface area contributed by atoms with E-state index in [0.29, 0.717) is 19.1 Å². The van der Waals surface area contributed by atoms with E-state index in [-0.39, 0.29) is 11.8 Å². The third-order valence-electron chi connectivity index (χ3n) is 5.05. The Hall–Kier alpha value is -1.36. The van der Waals surface area contributed by atoms with Gasteiger partial charge in [-0.05, 0) is 25.2 Å². The summed E-state index contributed by atoms with van der Waals surface area (Å²) in [4.78, 5) is 19.3. The van der Waals surface area contributed by atoms with E-state index in [1.807, 2.05) is 22.7 Å². The van der Waals surface area contributed by atoms with Crippen LogP contribution in [0, 0.1) is 11.8 Å². The van der Waals surface area contributed by atoms with Gasteiger partial charge in [-0.15, -0.1) is 0 Å². The van der Waals surface area contributed by atoms with Crippen molar-refractivity contribution in [1.82, 2.24) is 14.5 Å². The second kappa shape index (κ2) is 7.27. The summed E-state index contributed by atoms with van der Waals surface area (Å²) < 4.78 is 7.42. The Morgan fingerprint density at radius 3 is 2.82 bits per heavy atom. The third kappa shape index (κ3) is 3.69. The molecule has 3 rings (SSSR count). The van der Waals surface area contributed by atoms with E-state index in [9.17, 15) is 4.79 Å². The molecule has 22 heavy (non-hydrogen) atoms. The Labute approximate surface area is 132 Å². The highest BCUT2D eigenvalue weighted by atomic mass is 16.5. The van der Waals surface area contributed by atoms with E-state index in [4.69, 9.17) is 4.74 Å². The summed E-state index contributed by atoms with van der Waals surface area (Å²) in [6.45, 7) is 2.80. The van der Waals surface area contributed by atoms with Crippen LogP contribution in [0.25, 0.3) is 0 Å². The molecule has 1 amide bonds. The van der Waals surface area contributed by atoms with E-state index in [2.05, 4.69) is 4.98 Å². The van der Waals surface area contributed by atoms with Gasteiger partial charge >= 0.3 is 0 Å². The van der Waals surface area contributed by atoms with Crippen molar-refractivity contribution in [3.05, 3.63) is 18.2 Å². The van der Waals surface area contributed by atoms with Gasteiger partial charge in [0, 0.05) is 32.6 Å². The molecule has 0 aromatic carbocycles. The molecular weight excluding hydrogens is 278 g/mol. The summed E-state index contributed by atoms with van der Waals surface area (Å²) >= 11 is 0. The van der Waals surface area contributed by atoms with Gasteiger partial charge in [0.2, 0.25) is 5.91 Å². The summed E-state index contributed by atoms with van der Waals surface area (Å²) in [6.07, 6.45) is 11.1. The number of nitrogens with zero attached hydrogens (tertiary/aromatic N) is 3. The minimum absolute atomic E-state index is 0.0452. The molecule has 2 heterocycles. The van der Waals surface area contributed by atoms with Gasteiger partial charge in [0.25, 0.3) is 0 Å². The zero-order chi connectivity index (χ0) is 15.4. The molecule has 1 aromatic rings. The molecule has 0 radical (unpaired) electrons. The van der Waals surface area contributed by atoms with E-state index < -0.39 is 0 Å². The largest absolute Gasteiger partial charge is 0.381 e. The average molecular weight is 305 g/mol. The van der Waals surface area contributed by atoms with Crippen LogP contribution in [0.3, 0.4) is 0 Å². The maximum atomic E-state index is 12.9. The lowest BCUT2D eigenvalue weighted by atomic mass is 9.88. The summed E-state index contributed by atoms with van der Waals surface area (Å²) in [5.41, 5.74) is 0. The van der Waals surface area contributed by atoms with Gasteiger partial charge in [-0.3, -0.25) is 4.79 Å². The third-order valence-corrected chi connectivity index (χ3v) is 5.05. The number of imidazole rings is 1. The van der Waals surface area contributed by atoms with Crippen LogP contribution < -0.4 is 0 Å². The maximum Gasteiger partial charge on any atom is 0.228 e. The molecule has 2 aliphatic rings. The van der Waals surface area contributed by atoms with E-state index >= 15 is 0 Å². The lowest BCUT2D eigenvalue weighted by molar-refractivity contribution is -0.137. The Morgan fingerprint density at radius 1 is 1.36 bits per heavy atom. The van der Waals surface area contributed by atoms with Crippen molar-refractivity contribution in [2.24, 2.45) is 18.9 Å². The lowest BCUT2D eigenvalue weighted by Crippen LogP contribution is -2.40. The Balaban J connectivity index is 1.68. The first-order chi connectivity index (χ1) is 10.7. The highest BCUT2D eigenvalue weighted by Gasteiger charge is 2.30. The van der Waals surface area contributed by atoms with Crippen LogP contribution in [0.2, 0.25) is 0 Å². The first-order valence-electron chi connectivity index (χ1n) is 8.57. The molecule has 1 aliphatic heterocycles. The average Bonchev–Trinajstić information content (AvgIpc) is 3.19. The number of rotatable bonds is 5. The van der Waals surface area contributed by atoms with Crippen molar-refractivity contribution in [1.29, 1.82) is 0 Å². The molecule has 1 aliphatic carbocycles. The maximum absolute atomic E-state index is 12.9. The van der Waals surface area contributed by atoms with Crippen molar-refractivity contribution in [2.75, 3.05) is 19.8 Å². The fraction of sp³-hybridized carbons (Fsp3) is 0.765. The predicted octanol–water partition coefficient (Wildman–Crippen LogP) is 2.37. The van der Waals surface area contributed by atoms with Gasteiger partial charge in [-0.1, -0.05) is 19.3 Å². The van der Waals surface area contributed by atoms with Crippen LogP contribution in [0.4, 0.5) is 0 Å². The Morgan fingerprint density at radius 2 is 2.18 bits per heavy atom. The summed E-state index contributed by atoms with van der Waals surface area (Å²) in [6, 6.07) is 0. The quantitative estimate of drug-likeness (QED) is 0.839. The van der Waals surface area contributed by atoms with Crippen molar-refractivity contribution >= 4 is 5.91 Å². The smallest absolute Gasteiger partial charge is 0.228 e. The van der Waals surface area contributed by atoms with Gasteiger partial charge in [-0.25, -0.2) is 4.98 Å². The topological polar surface area (TPSA) is 47.4 Å². The van der Waals surface area contributed by atoms with Crippen molar-refractivity contribution in [3.8, 4) is 0 Å². The minimum atomic E-state index is 0.0452. The number of aryl methyl sites for hydroxylation is 1. The number of carbonyl (C=O) groups is 1. The van der Waals surface area contributed by atoms with Crippen molar-refractivity contribution in [3.63, 3.8) is 0 Å². The van der Waals surface area contributed by atoms with Crippen molar-refractivity contribution in [2.45, 2.75) is 45.1 Å². The number of hydrogen-bond acceptors (Lipinski definition) is 3. The highest BCUT2D eigenvalue weighted by molar-refractivity contribution is 5.79. The normalized spacial score (nSPS) is 22.9. The molecule has 1 aromatic heterocycles. The number of carbonyl (C=O) groups excluding carboxylic acids is 1. The molecule has 5 heteroatoms. The highest BCUT2D eigenvalue weighted by Crippen LogP contribution is 2.26. The standard InChI is InChI=1S/C17H27N3O2/c1-19-9-8-18-16(19)12-20(11-14-5-3-2-4-6-14)17(21)15-7-10-22-13-15/h8-9,14-15H,2-7,10-13H2,1H3/t15-/m0/s1. The number of amides is 1. The summed E-state index contributed by atoms with van der Waals surface area (Å²) in [5, 5.41) is 0. The minimum Gasteiger partial charge on any atom is -0.381 e. The van der Waals surface area contributed by atoms with E-state index in [1.54, 1.807) is 6.20 Å². The fourth-order valence-electron chi connectivity index (χ4n) is 3.62. The van der Waals surface area contributed by atoms with E-state index in [1.165, 1.54) is 32.1 Å². The predicted molar refractivity (Wildman–Crippen MR) is 84.1 cm³/mol. The molecular formula is C17H27N3O2. The van der Waals surface area contributed by atoms with Crippen LogP contribution in [-0.2, 0) is 23.1 Å². The molecule has 1 atom stereocenters. The van der Waals surface area contributed by atoms with Gasteiger partial charge in [0.15, 0.2) is 0 Å². The molecule has 122 valence electrons. The second-order valence-corrected chi connectivity index (χ2v) is 6.74. The van der Waals surface area contributed by atoms with Gasteiger partial charge in [0.05, 0.1) is 19.1 Å². The molecule has 0 N–H and O–H groups in total. The molecule has 5 nitrogen and oxygen atoms in total. The Bertz CT molecular complexity index is 488. The zero-order valence-electron chi connectivity index (χ0n) is 13.5. The van der Waals surface area contributed by atoms with Crippen LogP contribution in [0.15, 0.2) is 12.4 Å². The molecule has 1 saturated heterocycles. The van der Waals surface area contributed by atoms with Gasteiger partial charge in [-0.2, -0.15) is 0 Å². The van der Waals surface area contributed by atoms with Crippen LogP contribution in [0.1, 0.15) is 44.3 Å². The first-order valence-corrected chi connectivity index (χ1v) is 8.57. The number of aromatic nitrogens is 2. The molecule has 2 fully saturated rings. The van der Waals surface area contributed by atoms with Gasteiger partial charge in [0.1, 0.15) is 5.82 Å². The SMILES string of the molecule is Cn1ccnc1CN(CC1CCCCC1)C(=O)[C@H]1CCOC1. The molecule has 0 unspecified atom stereocenters. The summed E-state index contributed by atoms with van der Waals surface area (Å²) in [7, 11) is 1.99. The summed E-state index contributed by atoms with van der Waals surface area (Å²) in [5.74, 6) is 1.92. The molecule has 0 bridgehead atoms. The number of ether oxygens (including phenoxy) is 1. The molecule has 1 saturated carbocycles. The van der Waals surface area contributed by atoms with Crippen LogP contribution in [0.5, 0.6) is 0 Å². The fourth-order valence-corrected chi connectivity index (χ4v) is 3.62. The second-order valence-electron chi connectivity index (χ2n) is 6.74. The number of hydrogen-bond donors (Lipinski definition) is 0. The first kappa shape index (κ1) is 15.5.